The highest BCUT2D eigenvalue weighted by atomic mass is 16.2. The van der Waals surface area contributed by atoms with Crippen LogP contribution in [0.1, 0.15) is 59.8 Å². The third kappa shape index (κ3) is 4.84. The molecule has 19 heavy (non-hydrogen) atoms. The van der Waals surface area contributed by atoms with Gasteiger partial charge in [-0.1, -0.05) is 40.0 Å². The monoisotopic (exact) mass is 268 g/mol. The van der Waals surface area contributed by atoms with Crippen LogP contribution in [0.3, 0.4) is 0 Å². The number of nitrogens with one attached hydrogen (secondary N) is 2. The molecule has 1 atom stereocenters. The number of carbonyl (C=O) groups excluding carboxylic acids is 2. The molecule has 110 valence electrons. The minimum Gasteiger partial charge on any atom is -0.338 e. The number of ketones is 1. The Kier molecular flexibility index (Phi) is 5.83. The largest absolute Gasteiger partial charge is 0.338 e. The number of Topliss-reactive ketones (excluding diaryl/α,β-unsaturated/α-hetero) is 1. The average Bonchev–Trinajstić information content (AvgIpc) is 2.35. The Morgan fingerprint density at radius 2 is 1.74 bits per heavy atom. The molecule has 4 nitrogen and oxygen atoms in total. The van der Waals surface area contributed by atoms with Crippen molar-refractivity contribution in [2.24, 2.45) is 11.3 Å². The molecule has 2 N–H and O–H groups in total. The Balaban J connectivity index is 2.77. The third-order valence-electron chi connectivity index (χ3n) is 3.77. The maximum absolute atomic E-state index is 12.6. The molecular weight excluding hydrogens is 240 g/mol. The Morgan fingerprint density at radius 1 is 1.16 bits per heavy atom. The van der Waals surface area contributed by atoms with Crippen molar-refractivity contribution in [2.75, 3.05) is 6.54 Å². The fourth-order valence-corrected chi connectivity index (χ4v) is 2.68. The molecule has 0 bridgehead atoms. The van der Waals surface area contributed by atoms with Crippen LogP contribution in [0.5, 0.6) is 0 Å². The van der Waals surface area contributed by atoms with Gasteiger partial charge in [0.05, 0.1) is 6.04 Å². The van der Waals surface area contributed by atoms with Gasteiger partial charge in [0.15, 0.2) is 5.78 Å². The summed E-state index contributed by atoms with van der Waals surface area (Å²) >= 11 is 0. The predicted octanol–water partition coefficient (Wildman–Crippen LogP) is 2.87. The highest BCUT2D eigenvalue weighted by Gasteiger charge is 2.36. The van der Waals surface area contributed by atoms with E-state index in [1.807, 2.05) is 27.7 Å². The summed E-state index contributed by atoms with van der Waals surface area (Å²) in [6, 6.07) is -0.567. The van der Waals surface area contributed by atoms with Gasteiger partial charge < -0.3 is 10.6 Å². The van der Waals surface area contributed by atoms with E-state index < -0.39 is 5.41 Å². The first kappa shape index (κ1) is 16.0. The van der Waals surface area contributed by atoms with Gasteiger partial charge in [-0.2, -0.15) is 0 Å². The molecule has 4 heteroatoms. The third-order valence-corrected chi connectivity index (χ3v) is 3.77. The molecule has 0 radical (unpaired) electrons. The Morgan fingerprint density at radius 3 is 2.21 bits per heavy atom. The van der Waals surface area contributed by atoms with Crippen molar-refractivity contribution in [2.45, 2.75) is 65.8 Å². The lowest BCUT2D eigenvalue weighted by atomic mass is 9.76. The van der Waals surface area contributed by atoms with E-state index >= 15 is 0 Å². The predicted molar refractivity (Wildman–Crippen MR) is 77.0 cm³/mol. The van der Waals surface area contributed by atoms with Gasteiger partial charge in [-0.15, -0.1) is 0 Å². The molecular formula is C15H28N2O2. The Bertz CT molecular complexity index is 315. The number of urea groups is 1. The molecule has 0 aromatic heterocycles. The van der Waals surface area contributed by atoms with Crippen LogP contribution >= 0.6 is 0 Å². The summed E-state index contributed by atoms with van der Waals surface area (Å²) in [5, 5.41) is 5.61. The smallest absolute Gasteiger partial charge is 0.315 e. The molecule has 2 amide bonds. The van der Waals surface area contributed by atoms with E-state index in [4.69, 9.17) is 0 Å². The maximum Gasteiger partial charge on any atom is 0.315 e. The summed E-state index contributed by atoms with van der Waals surface area (Å²) in [5.74, 6) is 0.439. The first-order chi connectivity index (χ1) is 8.86. The highest BCUT2D eigenvalue weighted by molar-refractivity contribution is 5.92. The fraction of sp³-hybridized carbons (Fsp3) is 0.867. The van der Waals surface area contributed by atoms with Crippen LogP contribution in [-0.2, 0) is 4.79 Å². The highest BCUT2D eigenvalue weighted by Crippen LogP contribution is 2.30. The second kappa shape index (κ2) is 6.92. The SMILES string of the molecule is CCNC(=O)NC(C(=O)C(C)(C)C)C1CCCCC1. The number of carbonyl (C=O) groups is 2. The van der Waals surface area contributed by atoms with Gasteiger partial charge in [-0.05, 0) is 25.7 Å². The first-order valence-electron chi connectivity index (χ1n) is 7.45. The lowest BCUT2D eigenvalue weighted by molar-refractivity contribution is -0.129. The minimum atomic E-state index is -0.415. The molecule has 0 aliphatic heterocycles. The van der Waals surface area contributed by atoms with Gasteiger partial charge in [-0.25, -0.2) is 4.79 Å². The maximum atomic E-state index is 12.6. The van der Waals surface area contributed by atoms with Crippen LogP contribution in [0, 0.1) is 11.3 Å². The van der Waals surface area contributed by atoms with Gasteiger partial charge in [0.25, 0.3) is 0 Å². The van der Waals surface area contributed by atoms with E-state index in [0.29, 0.717) is 12.5 Å². The van der Waals surface area contributed by atoms with E-state index in [1.54, 1.807) is 0 Å². The topological polar surface area (TPSA) is 58.2 Å². The van der Waals surface area contributed by atoms with Crippen molar-refractivity contribution in [1.29, 1.82) is 0 Å². The van der Waals surface area contributed by atoms with Crippen molar-refractivity contribution in [3.63, 3.8) is 0 Å². The second-order valence-corrected chi connectivity index (χ2v) is 6.49. The molecule has 1 unspecified atom stereocenters. The van der Waals surface area contributed by atoms with Crippen LogP contribution < -0.4 is 10.6 Å². The number of hydrogen-bond acceptors (Lipinski definition) is 2. The average molecular weight is 268 g/mol. The zero-order valence-corrected chi connectivity index (χ0v) is 12.7. The van der Waals surface area contributed by atoms with Crippen LogP contribution in [-0.4, -0.2) is 24.4 Å². The second-order valence-electron chi connectivity index (χ2n) is 6.49. The van der Waals surface area contributed by atoms with Crippen molar-refractivity contribution in [3.8, 4) is 0 Å². The van der Waals surface area contributed by atoms with Crippen molar-refractivity contribution < 1.29 is 9.59 Å². The van der Waals surface area contributed by atoms with Crippen LogP contribution in [0.4, 0.5) is 4.79 Å². The van der Waals surface area contributed by atoms with Gasteiger partial charge in [0.2, 0.25) is 0 Å². The standard InChI is InChI=1S/C15H28N2O2/c1-5-16-14(19)17-12(13(18)15(2,3)4)11-9-7-6-8-10-11/h11-12H,5-10H2,1-4H3,(H2,16,17,19). The summed E-state index contributed by atoms with van der Waals surface area (Å²) in [7, 11) is 0. The summed E-state index contributed by atoms with van der Waals surface area (Å²) in [4.78, 5) is 24.3. The van der Waals surface area contributed by atoms with Gasteiger partial charge in [0, 0.05) is 12.0 Å². The minimum absolute atomic E-state index is 0.144. The molecule has 1 aliphatic rings. The first-order valence-corrected chi connectivity index (χ1v) is 7.45. The molecule has 0 heterocycles. The van der Waals surface area contributed by atoms with Crippen molar-refractivity contribution in [3.05, 3.63) is 0 Å². The molecule has 1 saturated carbocycles. The van der Waals surface area contributed by atoms with Crippen LogP contribution in [0.15, 0.2) is 0 Å². The van der Waals surface area contributed by atoms with Gasteiger partial charge in [-0.3, -0.25) is 4.79 Å². The molecule has 0 spiro atoms. The molecule has 0 aromatic carbocycles. The Labute approximate surface area is 116 Å². The Hall–Kier alpha value is -1.06. The van der Waals surface area contributed by atoms with Gasteiger partial charge >= 0.3 is 6.03 Å². The van der Waals surface area contributed by atoms with E-state index in [0.717, 1.165) is 25.7 Å². The normalized spacial score (nSPS) is 18.7. The fourth-order valence-electron chi connectivity index (χ4n) is 2.68. The molecule has 0 saturated heterocycles. The summed E-state index contributed by atoms with van der Waals surface area (Å²) in [5.41, 5.74) is -0.415. The summed E-state index contributed by atoms with van der Waals surface area (Å²) < 4.78 is 0. The lowest BCUT2D eigenvalue weighted by Crippen LogP contribution is -2.53. The number of amides is 2. The lowest BCUT2D eigenvalue weighted by Gasteiger charge is -2.33. The van der Waals surface area contributed by atoms with E-state index in [-0.39, 0.29) is 17.9 Å². The number of hydrogen-bond donors (Lipinski definition) is 2. The van der Waals surface area contributed by atoms with Crippen molar-refractivity contribution in [1.82, 2.24) is 10.6 Å². The van der Waals surface area contributed by atoms with Gasteiger partial charge in [0.1, 0.15) is 0 Å². The summed E-state index contributed by atoms with van der Waals surface area (Å²) in [6.07, 6.45) is 5.65. The molecule has 1 aliphatic carbocycles. The zero-order valence-electron chi connectivity index (χ0n) is 12.7. The van der Waals surface area contributed by atoms with Crippen LogP contribution in [0.25, 0.3) is 0 Å². The molecule has 1 rings (SSSR count). The van der Waals surface area contributed by atoms with Crippen LogP contribution in [0.2, 0.25) is 0 Å². The molecule has 1 fully saturated rings. The zero-order chi connectivity index (χ0) is 14.5. The van der Waals surface area contributed by atoms with Crippen molar-refractivity contribution >= 4 is 11.8 Å². The molecule has 0 aromatic rings. The quantitative estimate of drug-likeness (QED) is 0.823. The van der Waals surface area contributed by atoms with E-state index in [9.17, 15) is 9.59 Å². The number of rotatable bonds is 4. The van der Waals surface area contributed by atoms with E-state index in [1.165, 1.54) is 6.42 Å². The summed E-state index contributed by atoms with van der Waals surface area (Å²) in [6.45, 7) is 8.22. The van der Waals surface area contributed by atoms with E-state index in [2.05, 4.69) is 10.6 Å².